The summed E-state index contributed by atoms with van der Waals surface area (Å²) in [4.78, 5) is 13.7. The Hall–Kier alpha value is -2.51. The van der Waals surface area contributed by atoms with Crippen molar-refractivity contribution in [1.29, 1.82) is 0 Å². The highest BCUT2D eigenvalue weighted by Crippen LogP contribution is 2.32. The Morgan fingerprint density at radius 1 is 1.07 bits per heavy atom. The highest BCUT2D eigenvalue weighted by Gasteiger charge is 2.30. The number of halogens is 5. The number of benzene rings is 2. The molecule has 9 heteroatoms. The fourth-order valence-corrected chi connectivity index (χ4v) is 2.98. The van der Waals surface area contributed by atoms with Gasteiger partial charge in [0.25, 0.3) is 0 Å². The van der Waals surface area contributed by atoms with Crippen LogP contribution < -0.4 is 0 Å². The zero-order valence-corrected chi connectivity index (χ0v) is 17.0. The normalized spacial score (nSPS) is 11.6. The molecule has 0 N–H and O–H groups in total. The molecule has 29 heavy (non-hydrogen) atoms. The third-order valence-electron chi connectivity index (χ3n) is 4.28. The minimum atomic E-state index is -4.42. The van der Waals surface area contributed by atoms with Crippen LogP contribution in [-0.2, 0) is 17.4 Å². The molecule has 152 valence electrons. The summed E-state index contributed by atoms with van der Waals surface area (Å²) >= 11 is 12.1. The highest BCUT2D eigenvalue weighted by molar-refractivity contribution is 6.42. The number of hydrogen-bond donors (Lipinski definition) is 0. The van der Waals surface area contributed by atoms with Crippen molar-refractivity contribution in [1.82, 2.24) is 14.7 Å². The molecule has 0 saturated heterocycles. The number of aromatic nitrogens is 2. The van der Waals surface area contributed by atoms with Crippen molar-refractivity contribution in [2.45, 2.75) is 12.6 Å². The van der Waals surface area contributed by atoms with Gasteiger partial charge in [0.05, 0.1) is 33.4 Å². The van der Waals surface area contributed by atoms with Crippen LogP contribution in [0.2, 0.25) is 10.0 Å². The monoisotopic (exact) mass is 441 g/mol. The Labute approximate surface area is 175 Å². The molecule has 0 bridgehead atoms. The van der Waals surface area contributed by atoms with Crippen LogP contribution in [0, 0.1) is 0 Å². The third-order valence-corrected chi connectivity index (χ3v) is 5.02. The van der Waals surface area contributed by atoms with E-state index >= 15 is 0 Å². The molecule has 0 saturated carbocycles. The number of rotatable bonds is 4. The van der Waals surface area contributed by atoms with Gasteiger partial charge in [0, 0.05) is 31.4 Å². The average molecular weight is 442 g/mol. The zero-order chi connectivity index (χ0) is 21.3. The first-order valence-corrected chi connectivity index (χ1v) is 9.23. The lowest BCUT2D eigenvalue weighted by Gasteiger charge is -2.10. The van der Waals surface area contributed by atoms with Gasteiger partial charge in [-0.15, -0.1) is 0 Å². The molecule has 2 aromatic carbocycles. The minimum Gasteiger partial charge on any atom is -0.349 e. The lowest BCUT2D eigenvalue weighted by atomic mass is 10.1. The molecule has 0 aliphatic heterocycles. The van der Waals surface area contributed by atoms with Gasteiger partial charge < -0.3 is 4.90 Å². The predicted octanol–water partition coefficient (Wildman–Crippen LogP) is 5.50. The Balaban J connectivity index is 2.06. The van der Waals surface area contributed by atoms with Gasteiger partial charge in [-0.1, -0.05) is 29.3 Å². The van der Waals surface area contributed by atoms with Crippen LogP contribution >= 0.6 is 23.2 Å². The van der Waals surface area contributed by atoms with Crippen LogP contribution in [0.5, 0.6) is 0 Å². The van der Waals surface area contributed by atoms with Crippen molar-refractivity contribution in [3.63, 3.8) is 0 Å². The molecule has 0 unspecified atom stereocenters. The first kappa shape index (κ1) is 21.2. The van der Waals surface area contributed by atoms with E-state index in [-0.39, 0.29) is 12.3 Å². The number of carbonyl (C=O) groups excluding carboxylic acids is 1. The second-order valence-electron chi connectivity index (χ2n) is 6.59. The molecule has 0 atom stereocenters. The molecular weight excluding hydrogens is 426 g/mol. The van der Waals surface area contributed by atoms with E-state index in [1.54, 1.807) is 38.5 Å². The summed E-state index contributed by atoms with van der Waals surface area (Å²) in [6.07, 6.45) is -2.72. The van der Waals surface area contributed by atoms with Gasteiger partial charge in [-0.25, -0.2) is 4.68 Å². The van der Waals surface area contributed by atoms with E-state index in [1.165, 1.54) is 21.7 Å². The molecule has 1 heterocycles. The molecule has 3 aromatic rings. The molecular formula is C20H16Cl2F3N3O. The van der Waals surface area contributed by atoms with Crippen LogP contribution in [0.3, 0.4) is 0 Å². The number of carbonyl (C=O) groups is 1. The lowest BCUT2D eigenvalue weighted by molar-refractivity contribution is -0.137. The van der Waals surface area contributed by atoms with E-state index in [2.05, 4.69) is 5.10 Å². The number of amides is 1. The fourth-order valence-electron chi connectivity index (χ4n) is 2.68. The molecule has 0 radical (unpaired) electrons. The van der Waals surface area contributed by atoms with Crippen LogP contribution in [0.15, 0.2) is 48.7 Å². The van der Waals surface area contributed by atoms with Gasteiger partial charge in [-0.3, -0.25) is 4.79 Å². The van der Waals surface area contributed by atoms with Crippen molar-refractivity contribution >= 4 is 29.1 Å². The van der Waals surface area contributed by atoms with E-state index in [0.29, 0.717) is 32.6 Å². The quantitative estimate of drug-likeness (QED) is 0.536. The van der Waals surface area contributed by atoms with Gasteiger partial charge in [-0.05, 0) is 36.4 Å². The zero-order valence-electron chi connectivity index (χ0n) is 15.5. The summed E-state index contributed by atoms with van der Waals surface area (Å²) in [5, 5.41) is 5.20. The maximum absolute atomic E-state index is 12.8. The van der Waals surface area contributed by atoms with Crippen LogP contribution in [0.25, 0.3) is 16.9 Å². The Morgan fingerprint density at radius 2 is 1.72 bits per heavy atom. The number of nitrogens with zero attached hydrogens (tertiary/aromatic N) is 3. The summed E-state index contributed by atoms with van der Waals surface area (Å²) in [6, 6.07) is 9.59. The van der Waals surface area contributed by atoms with Crippen LogP contribution in [0.4, 0.5) is 13.2 Å². The first-order chi connectivity index (χ1) is 13.6. The molecule has 0 aliphatic carbocycles. The average Bonchev–Trinajstić information content (AvgIpc) is 3.07. The standard InChI is InChI=1S/C20H16Cl2F3N3O/c1-27(2)18(29)10-13-11-28(15-6-4-14(5-7-15)20(23,24)25)26-19(13)12-3-8-16(21)17(22)9-12/h3-9,11H,10H2,1-2H3. The Bertz CT molecular complexity index is 1040. The van der Waals surface area contributed by atoms with Crippen molar-refractivity contribution in [2.75, 3.05) is 14.1 Å². The molecule has 0 spiro atoms. The number of alkyl halides is 3. The number of likely N-dealkylation sites (N-methyl/N-ethyl adjacent to an activating group) is 1. The largest absolute Gasteiger partial charge is 0.416 e. The van der Waals surface area contributed by atoms with Gasteiger partial charge in [0.15, 0.2) is 0 Å². The van der Waals surface area contributed by atoms with Gasteiger partial charge >= 0.3 is 6.18 Å². The molecule has 0 aliphatic rings. The van der Waals surface area contributed by atoms with Crippen molar-refractivity contribution in [3.8, 4) is 16.9 Å². The van der Waals surface area contributed by atoms with Gasteiger partial charge in [-0.2, -0.15) is 18.3 Å². The predicted molar refractivity (Wildman–Crippen MR) is 106 cm³/mol. The van der Waals surface area contributed by atoms with E-state index < -0.39 is 11.7 Å². The maximum atomic E-state index is 12.8. The van der Waals surface area contributed by atoms with Crippen molar-refractivity contribution < 1.29 is 18.0 Å². The maximum Gasteiger partial charge on any atom is 0.416 e. The van der Waals surface area contributed by atoms with Gasteiger partial charge in [0.2, 0.25) is 5.91 Å². The molecule has 1 amide bonds. The SMILES string of the molecule is CN(C)C(=O)Cc1cn(-c2ccc(C(F)(F)F)cc2)nc1-c1ccc(Cl)c(Cl)c1. The summed E-state index contributed by atoms with van der Waals surface area (Å²) in [6.45, 7) is 0. The van der Waals surface area contributed by atoms with E-state index in [4.69, 9.17) is 23.2 Å². The third kappa shape index (κ3) is 4.74. The smallest absolute Gasteiger partial charge is 0.349 e. The molecule has 0 fully saturated rings. The lowest BCUT2D eigenvalue weighted by Crippen LogP contribution is -2.23. The van der Waals surface area contributed by atoms with Crippen LogP contribution in [0.1, 0.15) is 11.1 Å². The minimum absolute atomic E-state index is 0.0726. The summed E-state index contributed by atoms with van der Waals surface area (Å²) in [7, 11) is 3.28. The summed E-state index contributed by atoms with van der Waals surface area (Å²) in [5.41, 5.74) is 1.44. The molecule has 3 rings (SSSR count). The second-order valence-corrected chi connectivity index (χ2v) is 7.40. The first-order valence-electron chi connectivity index (χ1n) is 8.48. The second kappa shape index (κ2) is 8.08. The molecule has 4 nitrogen and oxygen atoms in total. The Kier molecular flexibility index (Phi) is 5.91. The van der Waals surface area contributed by atoms with Crippen LogP contribution in [-0.4, -0.2) is 34.7 Å². The Morgan fingerprint density at radius 3 is 2.28 bits per heavy atom. The van der Waals surface area contributed by atoms with E-state index in [1.807, 2.05) is 0 Å². The van der Waals surface area contributed by atoms with Crippen molar-refractivity contribution in [2.24, 2.45) is 0 Å². The van der Waals surface area contributed by atoms with E-state index in [9.17, 15) is 18.0 Å². The summed E-state index contributed by atoms with van der Waals surface area (Å²) in [5.74, 6) is -0.140. The van der Waals surface area contributed by atoms with E-state index in [0.717, 1.165) is 12.1 Å². The fraction of sp³-hybridized carbons (Fsp3) is 0.200. The summed E-state index contributed by atoms with van der Waals surface area (Å²) < 4.78 is 39.9. The topological polar surface area (TPSA) is 38.1 Å². The van der Waals surface area contributed by atoms with Crippen molar-refractivity contribution in [3.05, 3.63) is 69.8 Å². The number of hydrogen-bond acceptors (Lipinski definition) is 2. The molecule has 1 aromatic heterocycles. The van der Waals surface area contributed by atoms with Gasteiger partial charge in [0.1, 0.15) is 0 Å². The highest BCUT2D eigenvalue weighted by atomic mass is 35.5.